The Morgan fingerprint density at radius 3 is 1.75 bits per heavy atom. The molecule has 0 aliphatic heterocycles. The van der Waals surface area contributed by atoms with E-state index in [1.807, 2.05) is 49.4 Å². The molecule has 2 aromatic rings. The van der Waals surface area contributed by atoms with Crippen LogP contribution in [0, 0.1) is 5.92 Å². The van der Waals surface area contributed by atoms with E-state index in [1.165, 1.54) is 11.1 Å². The third kappa shape index (κ3) is 5.17. The van der Waals surface area contributed by atoms with Crippen molar-refractivity contribution in [3.05, 3.63) is 83.9 Å². The Hall–Kier alpha value is -2.19. The van der Waals surface area contributed by atoms with Crippen LogP contribution in [0.5, 0.6) is 0 Å². The van der Waals surface area contributed by atoms with Gasteiger partial charge in [-0.25, -0.2) is 0 Å². The predicted octanol–water partition coefficient (Wildman–Crippen LogP) is 4.86. The van der Waals surface area contributed by atoms with Crippen molar-refractivity contribution in [2.24, 2.45) is 5.92 Å². The fraction of sp³-hybridized carbons (Fsp3) is 0.318. The average Bonchev–Trinajstić information content (AvgIpc) is 2.56. The van der Waals surface area contributed by atoms with Crippen LogP contribution >= 0.6 is 0 Å². The van der Waals surface area contributed by atoms with Gasteiger partial charge in [0.05, 0.1) is 6.04 Å². The van der Waals surface area contributed by atoms with Gasteiger partial charge in [-0.3, -0.25) is 9.69 Å². The third-order valence-corrected chi connectivity index (χ3v) is 4.10. The highest BCUT2D eigenvalue weighted by atomic mass is 16.1. The van der Waals surface area contributed by atoms with Crippen molar-refractivity contribution in [1.29, 1.82) is 0 Å². The Kier molecular flexibility index (Phi) is 6.95. The molecule has 0 radical (unpaired) electrons. The largest absolute Gasteiger partial charge is 0.293 e. The van der Waals surface area contributed by atoms with Gasteiger partial charge in [-0.1, -0.05) is 80.6 Å². The topological polar surface area (TPSA) is 20.3 Å². The summed E-state index contributed by atoms with van der Waals surface area (Å²) in [4.78, 5) is 15.0. The Labute approximate surface area is 145 Å². The lowest BCUT2D eigenvalue weighted by molar-refractivity contribution is -0.121. The van der Waals surface area contributed by atoms with Crippen molar-refractivity contribution in [3.8, 4) is 0 Å². The van der Waals surface area contributed by atoms with Crippen molar-refractivity contribution >= 4 is 5.78 Å². The van der Waals surface area contributed by atoms with Crippen LogP contribution in [0.3, 0.4) is 0 Å². The van der Waals surface area contributed by atoms with Crippen molar-refractivity contribution in [2.75, 3.05) is 0 Å². The normalized spacial score (nSPS) is 12.9. The second kappa shape index (κ2) is 9.19. The monoisotopic (exact) mass is 321 g/mol. The molecule has 0 amide bonds. The molecule has 0 aliphatic carbocycles. The SMILES string of the molecule is C/C=C/C(=O)[C@H](C(C)C)N(Cc1ccccc1)Cc1ccccc1. The summed E-state index contributed by atoms with van der Waals surface area (Å²) in [7, 11) is 0. The van der Waals surface area contributed by atoms with Crippen molar-refractivity contribution < 1.29 is 4.79 Å². The highest BCUT2D eigenvalue weighted by molar-refractivity contribution is 5.94. The van der Waals surface area contributed by atoms with Crippen LogP contribution in [-0.4, -0.2) is 16.7 Å². The average molecular weight is 321 g/mol. The van der Waals surface area contributed by atoms with Crippen molar-refractivity contribution in [1.82, 2.24) is 4.90 Å². The van der Waals surface area contributed by atoms with E-state index in [1.54, 1.807) is 6.08 Å². The van der Waals surface area contributed by atoms with Gasteiger partial charge in [-0.05, 0) is 30.0 Å². The zero-order valence-electron chi connectivity index (χ0n) is 14.9. The van der Waals surface area contributed by atoms with Crippen LogP contribution in [0.1, 0.15) is 31.9 Å². The van der Waals surface area contributed by atoms with Crippen LogP contribution in [0.2, 0.25) is 0 Å². The summed E-state index contributed by atoms with van der Waals surface area (Å²) >= 11 is 0. The summed E-state index contributed by atoms with van der Waals surface area (Å²) in [5.41, 5.74) is 2.46. The molecule has 2 heteroatoms. The molecule has 24 heavy (non-hydrogen) atoms. The standard InChI is InChI=1S/C22H27NO/c1-4-11-21(24)22(18(2)3)23(16-19-12-7-5-8-13-19)17-20-14-9-6-10-15-20/h4-15,18,22H,16-17H2,1-3H3/b11-4+/t22-/m0/s1. The molecule has 126 valence electrons. The Morgan fingerprint density at radius 2 is 1.38 bits per heavy atom. The number of benzene rings is 2. The molecule has 0 saturated carbocycles. The van der Waals surface area contributed by atoms with E-state index in [4.69, 9.17) is 0 Å². The minimum atomic E-state index is -0.124. The number of carbonyl (C=O) groups excluding carboxylic acids is 1. The molecular weight excluding hydrogens is 294 g/mol. The number of nitrogens with zero attached hydrogens (tertiary/aromatic N) is 1. The van der Waals surface area contributed by atoms with E-state index >= 15 is 0 Å². The van der Waals surface area contributed by atoms with Crippen molar-refractivity contribution in [2.45, 2.75) is 39.9 Å². The summed E-state index contributed by atoms with van der Waals surface area (Å²) in [6.07, 6.45) is 3.54. The molecule has 0 aromatic heterocycles. The lowest BCUT2D eigenvalue weighted by atomic mass is 9.96. The Balaban J connectivity index is 2.30. The van der Waals surface area contributed by atoms with Gasteiger partial charge in [0, 0.05) is 13.1 Å². The van der Waals surface area contributed by atoms with Gasteiger partial charge in [0.1, 0.15) is 0 Å². The van der Waals surface area contributed by atoms with Gasteiger partial charge in [0.25, 0.3) is 0 Å². The molecule has 2 aromatic carbocycles. The van der Waals surface area contributed by atoms with Crippen LogP contribution in [0.15, 0.2) is 72.8 Å². The predicted molar refractivity (Wildman–Crippen MR) is 101 cm³/mol. The summed E-state index contributed by atoms with van der Waals surface area (Å²) in [5, 5.41) is 0. The van der Waals surface area contributed by atoms with Crippen molar-refractivity contribution in [3.63, 3.8) is 0 Å². The van der Waals surface area contributed by atoms with Crippen LogP contribution in [-0.2, 0) is 17.9 Å². The van der Waals surface area contributed by atoms with E-state index in [0.717, 1.165) is 13.1 Å². The Bertz CT molecular complexity index is 605. The number of ketones is 1. The molecule has 2 rings (SSSR count). The fourth-order valence-corrected chi connectivity index (χ4v) is 3.08. The second-order valence-corrected chi connectivity index (χ2v) is 6.47. The second-order valence-electron chi connectivity index (χ2n) is 6.47. The first-order valence-corrected chi connectivity index (χ1v) is 8.60. The van der Waals surface area contributed by atoms with Crippen LogP contribution < -0.4 is 0 Å². The van der Waals surface area contributed by atoms with E-state index in [-0.39, 0.29) is 17.7 Å². The molecule has 0 heterocycles. The maximum absolute atomic E-state index is 12.7. The smallest absolute Gasteiger partial charge is 0.172 e. The maximum Gasteiger partial charge on any atom is 0.172 e. The number of allylic oxidation sites excluding steroid dienone is 1. The zero-order chi connectivity index (χ0) is 17.4. The fourth-order valence-electron chi connectivity index (χ4n) is 3.08. The van der Waals surface area contributed by atoms with Gasteiger partial charge >= 0.3 is 0 Å². The molecule has 0 fully saturated rings. The van der Waals surface area contributed by atoms with Gasteiger partial charge in [-0.15, -0.1) is 0 Å². The number of hydrogen-bond donors (Lipinski definition) is 0. The molecule has 1 atom stereocenters. The molecule has 0 N–H and O–H groups in total. The molecule has 0 aliphatic rings. The molecule has 0 unspecified atom stereocenters. The minimum Gasteiger partial charge on any atom is -0.293 e. The highest BCUT2D eigenvalue weighted by Gasteiger charge is 2.27. The molecule has 0 spiro atoms. The van der Waals surface area contributed by atoms with E-state index in [2.05, 4.69) is 43.0 Å². The van der Waals surface area contributed by atoms with Gasteiger partial charge in [0.2, 0.25) is 0 Å². The first-order chi connectivity index (χ1) is 11.6. The van der Waals surface area contributed by atoms with E-state index < -0.39 is 0 Å². The third-order valence-electron chi connectivity index (χ3n) is 4.10. The summed E-state index contributed by atoms with van der Waals surface area (Å²) < 4.78 is 0. The summed E-state index contributed by atoms with van der Waals surface area (Å²) in [6.45, 7) is 7.67. The highest BCUT2D eigenvalue weighted by Crippen LogP contribution is 2.20. The first-order valence-electron chi connectivity index (χ1n) is 8.60. The molecule has 0 bridgehead atoms. The maximum atomic E-state index is 12.7. The lowest BCUT2D eigenvalue weighted by Gasteiger charge is -2.33. The summed E-state index contributed by atoms with van der Waals surface area (Å²) in [6, 6.07) is 20.6. The van der Waals surface area contributed by atoms with Gasteiger partial charge < -0.3 is 0 Å². The lowest BCUT2D eigenvalue weighted by Crippen LogP contribution is -2.43. The Morgan fingerprint density at radius 1 is 0.917 bits per heavy atom. The number of rotatable bonds is 8. The van der Waals surface area contributed by atoms with Crippen LogP contribution in [0.25, 0.3) is 0 Å². The van der Waals surface area contributed by atoms with Gasteiger partial charge in [-0.2, -0.15) is 0 Å². The molecule has 0 saturated heterocycles. The number of carbonyl (C=O) groups is 1. The molecule has 2 nitrogen and oxygen atoms in total. The van der Waals surface area contributed by atoms with E-state index in [9.17, 15) is 4.79 Å². The van der Waals surface area contributed by atoms with Gasteiger partial charge in [0.15, 0.2) is 5.78 Å². The quantitative estimate of drug-likeness (QED) is 0.647. The van der Waals surface area contributed by atoms with E-state index in [0.29, 0.717) is 0 Å². The molecular formula is C22H27NO. The zero-order valence-corrected chi connectivity index (χ0v) is 14.9. The number of hydrogen-bond acceptors (Lipinski definition) is 2. The summed E-state index contributed by atoms with van der Waals surface area (Å²) in [5.74, 6) is 0.431. The minimum absolute atomic E-state index is 0.124. The van der Waals surface area contributed by atoms with Crippen LogP contribution in [0.4, 0.5) is 0 Å². The first kappa shape index (κ1) is 18.2.